The van der Waals surface area contributed by atoms with Gasteiger partial charge in [0, 0.05) is 22.9 Å². The molecule has 1 fully saturated rings. The Hall–Kier alpha value is -0.460. The van der Waals surface area contributed by atoms with E-state index in [0.717, 1.165) is 0 Å². The van der Waals surface area contributed by atoms with Crippen LogP contribution in [-0.2, 0) is 4.74 Å². The third-order valence-electron chi connectivity index (χ3n) is 2.94. The average Bonchev–Trinajstić information content (AvgIpc) is 2.40. The fourth-order valence-corrected chi connectivity index (χ4v) is 2.90. The molecule has 0 spiro atoms. The van der Waals surface area contributed by atoms with Crippen molar-refractivity contribution in [3.8, 4) is 0 Å². The second kappa shape index (κ2) is 6.33. The molecule has 0 bridgehead atoms. The minimum Gasteiger partial charge on any atom is -0.371 e. The van der Waals surface area contributed by atoms with E-state index in [4.69, 9.17) is 4.74 Å². The first-order chi connectivity index (χ1) is 9.01. The summed E-state index contributed by atoms with van der Waals surface area (Å²) in [5, 5.41) is 0.672. The van der Waals surface area contributed by atoms with Gasteiger partial charge in [-0.3, -0.25) is 4.79 Å². The molecule has 1 heterocycles. The van der Waals surface area contributed by atoms with E-state index in [1.807, 2.05) is 6.92 Å². The van der Waals surface area contributed by atoms with Gasteiger partial charge < -0.3 is 9.64 Å². The SMILES string of the molecule is CC1CN(C(=O)c2cc(F)ccc2Br)CC(CBr)O1. The minimum absolute atomic E-state index is 0.0208. The van der Waals surface area contributed by atoms with E-state index >= 15 is 0 Å². The van der Waals surface area contributed by atoms with Crippen LogP contribution in [0.2, 0.25) is 0 Å². The van der Waals surface area contributed by atoms with Gasteiger partial charge in [-0.15, -0.1) is 0 Å². The topological polar surface area (TPSA) is 29.5 Å². The monoisotopic (exact) mass is 393 g/mol. The number of hydrogen-bond donors (Lipinski definition) is 0. The van der Waals surface area contributed by atoms with E-state index in [9.17, 15) is 9.18 Å². The molecule has 0 N–H and O–H groups in total. The largest absolute Gasteiger partial charge is 0.371 e. The molecule has 1 saturated heterocycles. The van der Waals surface area contributed by atoms with E-state index in [-0.39, 0.29) is 18.1 Å². The Balaban J connectivity index is 2.21. The number of hydrogen-bond acceptors (Lipinski definition) is 2. The zero-order chi connectivity index (χ0) is 14.0. The number of nitrogens with zero attached hydrogens (tertiary/aromatic N) is 1. The zero-order valence-corrected chi connectivity index (χ0v) is 13.6. The molecule has 1 aromatic carbocycles. The molecule has 1 amide bonds. The van der Waals surface area contributed by atoms with Gasteiger partial charge in [-0.2, -0.15) is 0 Å². The van der Waals surface area contributed by atoms with E-state index in [0.29, 0.717) is 28.5 Å². The molecule has 1 aliphatic heterocycles. The predicted octanol–water partition coefficient (Wildman–Crippen LogP) is 3.21. The van der Waals surface area contributed by atoms with Gasteiger partial charge in [-0.05, 0) is 41.1 Å². The highest BCUT2D eigenvalue weighted by Gasteiger charge is 2.29. The second-order valence-corrected chi connectivity index (χ2v) is 6.06. The summed E-state index contributed by atoms with van der Waals surface area (Å²) in [5.74, 6) is -0.586. The lowest BCUT2D eigenvalue weighted by Gasteiger charge is -2.36. The van der Waals surface area contributed by atoms with Crippen molar-refractivity contribution < 1.29 is 13.9 Å². The Morgan fingerprint density at radius 1 is 1.53 bits per heavy atom. The van der Waals surface area contributed by atoms with Crippen LogP contribution in [0.25, 0.3) is 0 Å². The maximum Gasteiger partial charge on any atom is 0.255 e. The van der Waals surface area contributed by atoms with Gasteiger partial charge in [0.05, 0.1) is 17.8 Å². The fourth-order valence-electron chi connectivity index (χ4n) is 2.13. The summed E-state index contributed by atoms with van der Waals surface area (Å²) in [6.07, 6.45) is -0.0485. The van der Waals surface area contributed by atoms with Gasteiger partial charge in [-0.1, -0.05) is 15.9 Å². The average molecular weight is 395 g/mol. The quantitative estimate of drug-likeness (QED) is 0.721. The van der Waals surface area contributed by atoms with E-state index in [2.05, 4.69) is 31.9 Å². The third-order valence-corrected chi connectivity index (χ3v) is 4.36. The number of alkyl halides is 1. The van der Waals surface area contributed by atoms with Crippen LogP contribution in [0, 0.1) is 5.82 Å². The first-order valence-electron chi connectivity index (χ1n) is 5.97. The lowest BCUT2D eigenvalue weighted by molar-refractivity contribution is -0.0560. The highest BCUT2D eigenvalue weighted by Crippen LogP contribution is 2.22. The summed E-state index contributed by atoms with van der Waals surface area (Å²) in [6.45, 7) is 2.96. The Kier molecular flexibility index (Phi) is 4.97. The van der Waals surface area contributed by atoms with E-state index in [1.165, 1.54) is 12.1 Å². The smallest absolute Gasteiger partial charge is 0.255 e. The Bertz CT molecular complexity index is 484. The van der Waals surface area contributed by atoms with Crippen LogP contribution >= 0.6 is 31.9 Å². The molecule has 2 rings (SSSR count). The van der Waals surface area contributed by atoms with E-state index in [1.54, 1.807) is 11.0 Å². The first kappa shape index (κ1) is 14.9. The third kappa shape index (κ3) is 3.55. The van der Waals surface area contributed by atoms with Gasteiger partial charge >= 0.3 is 0 Å². The molecule has 2 atom stereocenters. The van der Waals surface area contributed by atoms with E-state index < -0.39 is 5.82 Å². The lowest BCUT2D eigenvalue weighted by Crippen LogP contribution is -2.49. The molecular formula is C13H14Br2FNO2. The summed E-state index contributed by atoms with van der Waals surface area (Å²) in [6, 6.07) is 4.13. The lowest BCUT2D eigenvalue weighted by atomic mass is 10.1. The van der Waals surface area contributed by atoms with Crippen molar-refractivity contribution in [3.63, 3.8) is 0 Å². The standard InChI is InChI=1S/C13H14Br2FNO2/c1-8-6-17(7-10(5-14)19-8)13(18)11-4-9(16)2-3-12(11)15/h2-4,8,10H,5-7H2,1H3. The van der Waals surface area contributed by atoms with Crippen LogP contribution in [-0.4, -0.2) is 41.4 Å². The van der Waals surface area contributed by atoms with Crippen molar-refractivity contribution in [2.24, 2.45) is 0 Å². The molecule has 19 heavy (non-hydrogen) atoms. The minimum atomic E-state index is -0.412. The van der Waals surface area contributed by atoms with Crippen LogP contribution in [0.1, 0.15) is 17.3 Å². The molecular weight excluding hydrogens is 381 g/mol. The molecule has 1 aliphatic rings. The number of ether oxygens (including phenoxy) is 1. The number of halogens is 3. The van der Waals surface area contributed by atoms with Crippen LogP contribution in [0.3, 0.4) is 0 Å². The summed E-state index contributed by atoms with van der Waals surface area (Å²) in [7, 11) is 0. The molecule has 104 valence electrons. The van der Waals surface area contributed by atoms with Crippen molar-refractivity contribution in [2.75, 3.05) is 18.4 Å². The number of carbonyl (C=O) groups excluding carboxylic acids is 1. The number of carbonyl (C=O) groups is 1. The van der Waals surface area contributed by atoms with Gasteiger partial charge in [0.15, 0.2) is 0 Å². The molecule has 0 aliphatic carbocycles. The van der Waals surface area contributed by atoms with Gasteiger partial charge in [-0.25, -0.2) is 4.39 Å². The molecule has 2 unspecified atom stereocenters. The number of morpholine rings is 1. The van der Waals surface area contributed by atoms with Crippen LogP contribution in [0.4, 0.5) is 4.39 Å². The molecule has 0 radical (unpaired) electrons. The van der Waals surface area contributed by atoms with Crippen LogP contribution in [0.5, 0.6) is 0 Å². The zero-order valence-electron chi connectivity index (χ0n) is 10.4. The fraction of sp³-hybridized carbons (Fsp3) is 0.462. The Morgan fingerprint density at radius 2 is 2.26 bits per heavy atom. The highest BCUT2D eigenvalue weighted by molar-refractivity contribution is 9.10. The summed E-state index contributed by atoms with van der Waals surface area (Å²) in [4.78, 5) is 14.1. The summed E-state index contributed by atoms with van der Waals surface area (Å²) >= 11 is 6.66. The number of benzene rings is 1. The molecule has 0 saturated carbocycles. The predicted molar refractivity (Wildman–Crippen MR) is 78.1 cm³/mol. The van der Waals surface area contributed by atoms with Crippen molar-refractivity contribution in [1.82, 2.24) is 4.90 Å². The number of rotatable bonds is 2. The van der Waals surface area contributed by atoms with Gasteiger partial charge in [0.1, 0.15) is 5.82 Å². The maximum atomic E-state index is 13.3. The van der Waals surface area contributed by atoms with Gasteiger partial charge in [0.25, 0.3) is 5.91 Å². The Labute approximate surface area is 128 Å². The van der Waals surface area contributed by atoms with Crippen molar-refractivity contribution in [1.29, 1.82) is 0 Å². The van der Waals surface area contributed by atoms with Crippen molar-refractivity contribution in [2.45, 2.75) is 19.1 Å². The van der Waals surface area contributed by atoms with Gasteiger partial charge in [0.2, 0.25) is 0 Å². The summed E-state index contributed by atoms with van der Waals surface area (Å²) in [5.41, 5.74) is 0.349. The molecule has 0 aromatic heterocycles. The number of amides is 1. The first-order valence-corrected chi connectivity index (χ1v) is 7.88. The van der Waals surface area contributed by atoms with Crippen LogP contribution in [0.15, 0.2) is 22.7 Å². The maximum absolute atomic E-state index is 13.3. The second-order valence-electron chi connectivity index (χ2n) is 4.56. The molecule has 3 nitrogen and oxygen atoms in total. The molecule has 6 heteroatoms. The highest BCUT2D eigenvalue weighted by atomic mass is 79.9. The van der Waals surface area contributed by atoms with Crippen LogP contribution < -0.4 is 0 Å². The van der Waals surface area contributed by atoms with Crippen molar-refractivity contribution in [3.05, 3.63) is 34.1 Å². The summed E-state index contributed by atoms with van der Waals surface area (Å²) < 4.78 is 19.6. The van der Waals surface area contributed by atoms with Crippen molar-refractivity contribution >= 4 is 37.8 Å². The molecule has 1 aromatic rings. The Morgan fingerprint density at radius 3 is 2.95 bits per heavy atom. The normalized spacial score (nSPS) is 23.5.